The molecule has 0 radical (unpaired) electrons. The van der Waals surface area contributed by atoms with E-state index in [0.29, 0.717) is 18.7 Å². The number of carbonyl (C=O) groups excluding carboxylic acids is 1. The second kappa shape index (κ2) is 8.66. The van der Waals surface area contributed by atoms with E-state index in [1.807, 2.05) is 24.3 Å². The molecule has 1 atom stereocenters. The molecular formula is C18H19N3O2. The number of hydrogen-bond acceptors (Lipinski definition) is 4. The molecule has 0 spiro atoms. The van der Waals surface area contributed by atoms with Gasteiger partial charge in [-0.2, -0.15) is 5.26 Å². The third-order valence-electron chi connectivity index (χ3n) is 3.49. The van der Waals surface area contributed by atoms with Gasteiger partial charge in [0.25, 0.3) is 0 Å². The summed E-state index contributed by atoms with van der Waals surface area (Å²) in [5, 5.41) is 19.0. The van der Waals surface area contributed by atoms with Crippen LogP contribution in [0, 0.1) is 11.3 Å². The van der Waals surface area contributed by atoms with E-state index in [9.17, 15) is 9.90 Å². The number of rotatable bonds is 7. The summed E-state index contributed by atoms with van der Waals surface area (Å²) in [6, 6.07) is 14.8. The zero-order chi connectivity index (χ0) is 16.5. The van der Waals surface area contributed by atoms with Gasteiger partial charge in [-0.25, -0.2) is 0 Å². The molecule has 0 aliphatic carbocycles. The number of aliphatic hydroxyl groups is 1. The lowest BCUT2D eigenvalue weighted by atomic mass is 10.1. The topological polar surface area (TPSA) is 77.2 Å². The van der Waals surface area contributed by atoms with E-state index in [1.54, 1.807) is 35.5 Å². The van der Waals surface area contributed by atoms with E-state index >= 15 is 0 Å². The number of amides is 1. The molecule has 23 heavy (non-hydrogen) atoms. The van der Waals surface area contributed by atoms with Crippen molar-refractivity contribution in [2.75, 3.05) is 6.54 Å². The molecule has 2 aromatic rings. The Labute approximate surface area is 135 Å². The van der Waals surface area contributed by atoms with Crippen LogP contribution in [0.5, 0.6) is 0 Å². The van der Waals surface area contributed by atoms with Crippen LogP contribution < -0.4 is 0 Å². The highest BCUT2D eigenvalue weighted by atomic mass is 16.3. The van der Waals surface area contributed by atoms with Gasteiger partial charge in [-0.3, -0.25) is 9.78 Å². The number of carbonyl (C=O) groups is 1. The third kappa shape index (κ3) is 5.20. The molecule has 1 aromatic heterocycles. The van der Waals surface area contributed by atoms with Crippen molar-refractivity contribution in [3.63, 3.8) is 0 Å². The summed E-state index contributed by atoms with van der Waals surface area (Å²) in [4.78, 5) is 18.1. The van der Waals surface area contributed by atoms with Crippen molar-refractivity contribution in [1.82, 2.24) is 9.88 Å². The highest BCUT2D eigenvalue weighted by Gasteiger charge is 2.19. The lowest BCUT2D eigenvalue weighted by Crippen LogP contribution is -2.32. The second-order valence-corrected chi connectivity index (χ2v) is 5.22. The zero-order valence-electron chi connectivity index (χ0n) is 12.8. The summed E-state index contributed by atoms with van der Waals surface area (Å²) in [6.07, 6.45) is 2.77. The molecule has 118 valence electrons. The number of hydrogen-bond donors (Lipinski definition) is 1. The molecule has 1 amide bonds. The molecule has 0 fully saturated rings. The van der Waals surface area contributed by atoms with Gasteiger partial charge in [0, 0.05) is 25.5 Å². The molecule has 1 heterocycles. The zero-order valence-corrected chi connectivity index (χ0v) is 12.8. The van der Waals surface area contributed by atoms with E-state index in [-0.39, 0.29) is 18.7 Å². The van der Waals surface area contributed by atoms with Crippen LogP contribution in [0.3, 0.4) is 0 Å². The standard InChI is InChI=1S/C18H19N3O2/c19-9-5-11-21(14-15-6-4-10-20-13-15)18(23)12-17(22)16-7-2-1-3-8-16/h1-4,6-8,10,13,17,22H,5,11-12,14H2. The fourth-order valence-electron chi connectivity index (χ4n) is 2.28. The number of aliphatic hydroxyl groups excluding tert-OH is 1. The van der Waals surface area contributed by atoms with Crippen molar-refractivity contribution in [3.8, 4) is 6.07 Å². The second-order valence-electron chi connectivity index (χ2n) is 5.22. The molecule has 0 aliphatic heterocycles. The van der Waals surface area contributed by atoms with Gasteiger partial charge in [0.2, 0.25) is 5.91 Å². The Balaban J connectivity index is 2.03. The largest absolute Gasteiger partial charge is 0.388 e. The van der Waals surface area contributed by atoms with E-state index in [4.69, 9.17) is 5.26 Å². The quantitative estimate of drug-likeness (QED) is 0.852. The first kappa shape index (κ1) is 16.7. The fourth-order valence-corrected chi connectivity index (χ4v) is 2.28. The van der Waals surface area contributed by atoms with Crippen molar-refractivity contribution >= 4 is 5.91 Å². The Morgan fingerprint density at radius 1 is 1.26 bits per heavy atom. The van der Waals surface area contributed by atoms with Gasteiger partial charge in [0.15, 0.2) is 0 Å². The first-order valence-electron chi connectivity index (χ1n) is 7.47. The summed E-state index contributed by atoms with van der Waals surface area (Å²) < 4.78 is 0. The van der Waals surface area contributed by atoms with Crippen LogP contribution in [0.2, 0.25) is 0 Å². The Hall–Kier alpha value is -2.71. The lowest BCUT2D eigenvalue weighted by Gasteiger charge is -2.23. The molecule has 2 rings (SSSR count). The molecule has 1 unspecified atom stereocenters. The minimum absolute atomic E-state index is 0.00426. The van der Waals surface area contributed by atoms with Gasteiger partial charge in [0.05, 0.1) is 25.0 Å². The first-order valence-corrected chi connectivity index (χ1v) is 7.47. The summed E-state index contributed by atoms with van der Waals surface area (Å²) in [7, 11) is 0. The lowest BCUT2D eigenvalue weighted by molar-refractivity contribution is -0.133. The van der Waals surface area contributed by atoms with E-state index in [2.05, 4.69) is 11.1 Å². The predicted molar refractivity (Wildman–Crippen MR) is 85.9 cm³/mol. The van der Waals surface area contributed by atoms with Gasteiger partial charge in [0.1, 0.15) is 0 Å². The van der Waals surface area contributed by atoms with E-state index < -0.39 is 6.10 Å². The predicted octanol–water partition coefficient (Wildman–Crippen LogP) is 2.45. The van der Waals surface area contributed by atoms with Gasteiger partial charge in [-0.15, -0.1) is 0 Å². The molecule has 1 N–H and O–H groups in total. The van der Waals surface area contributed by atoms with Gasteiger partial charge in [-0.05, 0) is 17.2 Å². The van der Waals surface area contributed by atoms with Crippen LogP contribution in [0.15, 0.2) is 54.9 Å². The number of pyridine rings is 1. The SMILES string of the molecule is N#CCCN(Cc1cccnc1)C(=O)CC(O)c1ccccc1. The third-order valence-corrected chi connectivity index (χ3v) is 3.49. The monoisotopic (exact) mass is 309 g/mol. The van der Waals surface area contributed by atoms with Crippen LogP contribution in [-0.4, -0.2) is 27.4 Å². The first-order chi connectivity index (χ1) is 11.2. The smallest absolute Gasteiger partial charge is 0.225 e. The van der Waals surface area contributed by atoms with Gasteiger partial charge < -0.3 is 10.0 Å². The normalized spacial score (nSPS) is 11.5. The number of nitrogens with zero attached hydrogens (tertiary/aromatic N) is 3. The maximum atomic E-state index is 12.5. The van der Waals surface area contributed by atoms with Crippen molar-refractivity contribution in [2.45, 2.75) is 25.5 Å². The van der Waals surface area contributed by atoms with Gasteiger partial charge in [-0.1, -0.05) is 36.4 Å². The Morgan fingerprint density at radius 2 is 2.04 bits per heavy atom. The molecule has 5 nitrogen and oxygen atoms in total. The molecule has 5 heteroatoms. The molecule has 0 saturated heterocycles. The van der Waals surface area contributed by atoms with Gasteiger partial charge >= 0.3 is 0 Å². The van der Waals surface area contributed by atoms with E-state index in [0.717, 1.165) is 5.56 Å². The van der Waals surface area contributed by atoms with Crippen LogP contribution in [0.1, 0.15) is 30.1 Å². The molecule has 0 aliphatic rings. The maximum Gasteiger partial charge on any atom is 0.225 e. The molecule has 0 bridgehead atoms. The minimum Gasteiger partial charge on any atom is -0.388 e. The van der Waals surface area contributed by atoms with Crippen LogP contribution in [0.4, 0.5) is 0 Å². The highest BCUT2D eigenvalue weighted by molar-refractivity contribution is 5.77. The van der Waals surface area contributed by atoms with Crippen molar-refractivity contribution in [1.29, 1.82) is 5.26 Å². The Bertz CT molecular complexity index is 653. The fraction of sp³-hybridized carbons (Fsp3) is 0.278. The number of benzene rings is 1. The molecular weight excluding hydrogens is 290 g/mol. The average Bonchev–Trinajstić information content (AvgIpc) is 2.60. The van der Waals surface area contributed by atoms with Crippen LogP contribution in [-0.2, 0) is 11.3 Å². The highest BCUT2D eigenvalue weighted by Crippen LogP contribution is 2.18. The van der Waals surface area contributed by atoms with Crippen molar-refractivity contribution in [3.05, 3.63) is 66.0 Å². The maximum absolute atomic E-state index is 12.5. The summed E-state index contributed by atoms with van der Waals surface area (Å²) >= 11 is 0. The summed E-state index contributed by atoms with van der Waals surface area (Å²) in [6.45, 7) is 0.724. The Morgan fingerprint density at radius 3 is 2.70 bits per heavy atom. The molecule has 1 aromatic carbocycles. The average molecular weight is 309 g/mol. The van der Waals surface area contributed by atoms with Crippen molar-refractivity contribution in [2.24, 2.45) is 0 Å². The van der Waals surface area contributed by atoms with Crippen molar-refractivity contribution < 1.29 is 9.90 Å². The Kier molecular flexibility index (Phi) is 6.28. The summed E-state index contributed by atoms with van der Waals surface area (Å²) in [5.74, 6) is -0.180. The molecule has 0 saturated carbocycles. The minimum atomic E-state index is -0.845. The number of aromatic nitrogens is 1. The van der Waals surface area contributed by atoms with Crippen LogP contribution in [0.25, 0.3) is 0 Å². The van der Waals surface area contributed by atoms with Crippen LogP contribution >= 0.6 is 0 Å². The summed E-state index contributed by atoms with van der Waals surface area (Å²) in [5.41, 5.74) is 1.61. The number of nitriles is 1. The van der Waals surface area contributed by atoms with E-state index in [1.165, 1.54) is 0 Å².